The van der Waals surface area contributed by atoms with Crippen LogP contribution in [0, 0.1) is 11.7 Å². The zero-order valence-electron chi connectivity index (χ0n) is 10.9. The molecule has 1 saturated carbocycles. The molecule has 1 aliphatic carbocycles. The van der Waals surface area contributed by atoms with Gasteiger partial charge in [0.15, 0.2) is 0 Å². The fraction of sp³-hybridized carbons (Fsp3) is 0.600. The van der Waals surface area contributed by atoms with Crippen molar-refractivity contribution in [3.05, 3.63) is 34.1 Å². The van der Waals surface area contributed by atoms with Crippen LogP contribution in [-0.2, 0) is 6.54 Å². The summed E-state index contributed by atoms with van der Waals surface area (Å²) in [5.41, 5.74) is 1.00. The lowest BCUT2D eigenvalue weighted by atomic mass is 9.84. The first-order valence-corrected chi connectivity index (χ1v) is 7.63. The molecule has 0 spiro atoms. The van der Waals surface area contributed by atoms with E-state index in [0.717, 1.165) is 22.5 Å². The molecular weight excluding hydrogens is 293 g/mol. The molecule has 0 aromatic heterocycles. The summed E-state index contributed by atoms with van der Waals surface area (Å²) in [6, 6.07) is 5.59. The zero-order chi connectivity index (χ0) is 13.0. The maximum absolute atomic E-state index is 13.2. The molecular formula is C15H21BrFN. The second kappa shape index (κ2) is 6.67. The summed E-state index contributed by atoms with van der Waals surface area (Å²) in [6.45, 7) is 3.00. The van der Waals surface area contributed by atoms with E-state index in [4.69, 9.17) is 0 Å². The minimum absolute atomic E-state index is 0.175. The van der Waals surface area contributed by atoms with E-state index < -0.39 is 0 Å². The normalized spacial score (nSPS) is 18.8. The van der Waals surface area contributed by atoms with Gasteiger partial charge in [0.2, 0.25) is 0 Å². The zero-order valence-corrected chi connectivity index (χ0v) is 12.5. The van der Waals surface area contributed by atoms with Crippen LogP contribution in [0.2, 0.25) is 0 Å². The molecule has 0 bridgehead atoms. The van der Waals surface area contributed by atoms with Gasteiger partial charge in [-0.1, -0.05) is 35.2 Å². The Morgan fingerprint density at radius 2 is 2.00 bits per heavy atom. The van der Waals surface area contributed by atoms with Crippen molar-refractivity contribution < 1.29 is 4.39 Å². The van der Waals surface area contributed by atoms with Gasteiger partial charge in [0, 0.05) is 17.1 Å². The van der Waals surface area contributed by atoms with Crippen molar-refractivity contribution in [2.45, 2.75) is 51.6 Å². The Balaban J connectivity index is 1.86. The summed E-state index contributed by atoms with van der Waals surface area (Å²) in [6.07, 6.45) is 6.78. The van der Waals surface area contributed by atoms with E-state index in [1.54, 1.807) is 6.07 Å². The maximum atomic E-state index is 13.2. The molecule has 0 aliphatic heterocycles. The van der Waals surface area contributed by atoms with Gasteiger partial charge in [0.25, 0.3) is 0 Å². The van der Waals surface area contributed by atoms with Gasteiger partial charge in [0.1, 0.15) is 5.82 Å². The SMILES string of the molecule is CC(NCc1cc(F)cc(Br)c1)C1CCCCC1. The Bertz CT molecular complexity index is 368. The molecule has 1 fully saturated rings. The fourth-order valence-electron chi connectivity index (χ4n) is 2.79. The smallest absolute Gasteiger partial charge is 0.124 e. The number of rotatable bonds is 4. The van der Waals surface area contributed by atoms with Gasteiger partial charge in [-0.3, -0.25) is 0 Å². The molecule has 1 aliphatic rings. The van der Waals surface area contributed by atoms with E-state index in [1.165, 1.54) is 38.2 Å². The van der Waals surface area contributed by atoms with Crippen molar-refractivity contribution in [3.8, 4) is 0 Å². The van der Waals surface area contributed by atoms with Gasteiger partial charge >= 0.3 is 0 Å². The Labute approximate surface area is 117 Å². The second-order valence-corrected chi connectivity index (χ2v) is 6.26. The Hall–Kier alpha value is -0.410. The second-order valence-electron chi connectivity index (χ2n) is 5.35. The van der Waals surface area contributed by atoms with Gasteiger partial charge in [-0.05, 0) is 49.4 Å². The quantitative estimate of drug-likeness (QED) is 0.853. The maximum Gasteiger partial charge on any atom is 0.124 e. The molecule has 100 valence electrons. The number of benzene rings is 1. The molecule has 1 unspecified atom stereocenters. The molecule has 1 nitrogen and oxygen atoms in total. The van der Waals surface area contributed by atoms with Crippen LogP contribution in [-0.4, -0.2) is 6.04 Å². The third kappa shape index (κ3) is 4.06. The van der Waals surface area contributed by atoms with Crippen LogP contribution >= 0.6 is 15.9 Å². The first kappa shape index (κ1) is 14.0. The topological polar surface area (TPSA) is 12.0 Å². The average molecular weight is 314 g/mol. The Kier molecular flexibility index (Phi) is 5.19. The van der Waals surface area contributed by atoms with Crippen molar-refractivity contribution in [2.75, 3.05) is 0 Å². The Morgan fingerprint density at radius 1 is 1.28 bits per heavy atom. The predicted molar refractivity (Wildman–Crippen MR) is 77.0 cm³/mol. The predicted octanol–water partition coefficient (Wildman–Crippen LogP) is 4.65. The van der Waals surface area contributed by atoms with Crippen molar-refractivity contribution in [3.63, 3.8) is 0 Å². The molecule has 3 heteroatoms. The number of hydrogen-bond donors (Lipinski definition) is 1. The summed E-state index contributed by atoms with van der Waals surface area (Å²) in [4.78, 5) is 0. The van der Waals surface area contributed by atoms with E-state index in [9.17, 15) is 4.39 Å². The molecule has 0 heterocycles. The molecule has 1 atom stereocenters. The summed E-state index contributed by atoms with van der Waals surface area (Å²) in [5.74, 6) is 0.613. The van der Waals surface area contributed by atoms with Crippen LogP contribution in [0.5, 0.6) is 0 Å². The van der Waals surface area contributed by atoms with Crippen molar-refractivity contribution >= 4 is 15.9 Å². The molecule has 2 rings (SSSR count). The van der Waals surface area contributed by atoms with Crippen LogP contribution in [0.4, 0.5) is 4.39 Å². The highest BCUT2D eigenvalue weighted by molar-refractivity contribution is 9.10. The Morgan fingerprint density at radius 3 is 2.67 bits per heavy atom. The summed E-state index contributed by atoms with van der Waals surface area (Å²) in [5, 5.41) is 3.54. The van der Waals surface area contributed by atoms with Gasteiger partial charge in [-0.15, -0.1) is 0 Å². The van der Waals surface area contributed by atoms with E-state index >= 15 is 0 Å². The molecule has 0 saturated heterocycles. The largest absolute Gasteiger partial charge is 0.310 e. The average Bonchev–Trinajstić information content (AvgIpc) is 2.36. The molecule has 1 aromatic carbocycles. The highest BCUT2D eigenvalue weighted by atomic mass is 79.9. The van der Waals surface area contributed by atoms with E-state index in [-0.39, 0.29) is 5.82 Å². The molecule has 1 aromatic rings. The number of halogens is 2. The van der Waals surface area contributed by atoms with Crippen LogP contribution < -0.4 is 5.32 Å². The number of hydrogen-bond acceptors (Lipinski definition) is 1. The van der Waals surface area contributed by atoms with Crippen LogP contribution in [0.3, 0.4) is 0 Å². The van der Waals surface area contributed by atoms with E-state index in [2.05, 4.69) is 28.2 Å². The highest BCUT2D eigenvalue weighted by Crippen LogP contribution is 2.26. The van der Waals surface area contributed by atoms with Crippen LogP contribution in [0.25, 0.3) is 0 Å². The lowest BCUT2D eigenvalue weighted by molar-refractivity contribution is 0.280. The highest BCUT2D eigenvalue weighted by Gasteiger charge is 2.19. The van der Waals surface area contributed by atoms with Crippen LogP contribution in [0.15, 0.2) is 22.7 Å². The molecule has 18 heavy (non-hydrogen) atoms. The van der Waals surface area contributed by atoms with Crippen molar-refractivity contribution in [2.24, 2.45) is 5.92 Å². The summed E-state index contributed by atoms with van der Waals surface area (Å²) in [7, 11) is 0. The summed E-state index contributed by atoms with van der Waals surface area (Å²) < 4.78 is 14.1. The van der Waals surface area contributed by atoms with Gasteiger partial charge < -0.3 is 5.32 Å². The minimum Gasteiger partial charge on any atom is -0.310 e. The molecule has 0 amide bonds. The lowest BCUT2D eigenvalue weighted by Crippen LogP contribution is -2.34. The van der Waals surface area contributed by atoms with Gasteiger partial charge in [-0.2, -0.15) is 0 Å². The molecule has 0 radical (unpaired) electrons. The first-order chi connectivity index (χ1) is 8.65. The van der Waals surface area contributed by atoms with Crippen molar-refractivity contribution in [1.29, 1.82) is 0 Å². The van der Waals surface area contributed by atoms with Gasteiger partial charge in [0.05, 0.1) is 0 Å². The van der Waals surface area contributed by atoms with Crippen LogP contribution in [0.1, 0.15) is 44.6 Å². The van der Waals surface area contributed by atoms with Gasteiger partial charge in [-0.25, -0.2) is 4.39 Å². The summed E-state index contributed by atoms with van der Waals surface area (Å²) >= 11 is 3.33. The molecule has 1 N–H and O–H groups in total. The van der Waals surface area contributed by atoms with Crippen molar-refractivity contribution in [1.82, 2.24) is 5.32 Å². The minimum atomic E-state index is -0.175. The number of nitrogens with one attached hydrogen (secondary N) is 1. The van der Waals surface area contributed by atoms with E-state index in [0.29, 0.717) is 6.04 Å². The lowest BCUT2D eigenvalue weighted by Gasteiger charge is -2.28. The van der Waals surface area contributed by atoms with E-state index in [1.807, 2.05) is 6.07 Å². The third-order valence-electron chi connectivity index (χ3n) is 3.91. The third-order valence-corrected chi connectivity index (χ3v) is 4.37. The standard InChI is InChI=1S/C15H21BrFN/c1-11(13-5-3-2-4-6-13)18-10-12-7-14(16)9-15(17)8-12/h7-9,11,13,18H,2-6,10H2,1H3. The fourth-order valence-corrected chi connectivity index (χ4v) is 3.31. The monoisotopic (exact) mass is 313 g/mol. The first-order valence-electron chi connectivity index (χ1n) is 6.83.